The van der Waals surface area contributed by atoms with Gasteiger partial charge in [0.25, 0.3) is 0 Å². The molecule has 0 aliphatic rings. The molecule has 0 amide bonds. The van der Waals surface area contributed by atoms with Crippen molar-refractivity contribution in [3.05, 3.63) is 72.9 Å². The van der Waals surface area contributed by atoms with Crippen molar-refractivity contribution in [1.29, 1.82) is 0 Å². The fourth-order valence-corrected chi connectivity index (χ4v) is 2.95. The summed E-state index contributed by atoms with van der Waals surface area (Å²) in [5, 5.41) is 3.36. The molecule has 0 saturated heterocycles. The van der Waals surface area contributed by atoms with E-state index in [-0.39, 0.29) is 0 Å². The highest BCUT2D eigenvalue weighted by Gasteiger charge is 2.13. The Morgan fingerprint density at radius 2 is 1.88 bits per heavy atom. The molecule has 0 bridgehead atoms. The second-order valence-corrected chi connectivity index (χ2v) is 5.81. The van der Waals surface area contributed by atoms with Gasteiger partial charge in [0.1, 0.15) is 5.75 Å². The van der Waals surface area contributed by atoms with Gasteiger partial charge in [-0.25, -0.2) is 9.97 Å². The normalized spacial score (nSPS) is 10.8. The van der Waals surface area contributed by atoms with Crippen molar-refractivity contribution in [3.8, 4) is 17.0 Å². The molecule has 6 nitrogen and oxygen atoms in total. The summed E-state index contributed by atoms with van der Waals surface area (Å²) in [6, 6.07) is 13.9. The van der Waals surface area contributed by atoms with Gasteiger partial charge < -0.3 is 10.1 Å². The van der Waals surface area contributed by atoms with Crippen LogP contribution in [0.4, 0.5) is 5.82 Å². The smallest absolute Gasteiger partial charge is 0.180 e. The van der Waals surface area contributed by atoms with Crippen LogP contribution in [0.2, 0.25) is 0 Å². The molecule has 3 aromatic heterocycles. The molecule has 1 aromatic carbocycles. The molecule has 0 saturated carbocycles. The number of para-hydroxylation sites is 1. The second-order valence-electron chi connectivity index (χ2n) is 5.81. The van der Waals surface area contributed by atoms with E-state index in [2.05, 4.69) is 20.3 Å². The fourth-order valence-electron chi connectivity index (χ4n) is 2.95. The van der Waals surface area contributed by atoms with E-state index in [1.165, 1.54) is 0 Å². The van der Waals surface area contributed by atoms with Crippen LogP contribution >= 0.6 is 0 Å². The Morgan fingerprint density at radius 3 is 2.73 bits per heavy atom. The maximum atomic E-state index is 5.48. The lowest BCUT2D eigenvalue weighted by Gasteiger charge is -2.09. The zero-order chi connectivity index (χ0) is 17.8. The molecule has 1 N–H and O–H groups in total. The van der Waals surface area contributed by atoms with Gasteiger partial charge in [-0.2, -0.15) is 0 Å². The van der Waals surface area contributed by atoms with Crippen LogP contribution in [-0.2, 0) is 6.42 Å². The van der Waals surface area contributed by atoms with Gasteiger partial charge in [-0.3, -0.25) is 9.38 Å². The van der Waals surface area contributed by atoms with Crippen molar-refractivity contribution in [3.63, 3.8) is 0 Å². The highest BCUT2D eigenvalue weighted by atomic mass is 16.5. The highest BCUT2D eigenvalue weighted by molar-refractivity contribution is 5.73. The third kappa shape index (κ3) is 3.09. The lowest BCUT2D eigenvalue weighted by Crippen LogP contribution is -2.08. The first-order chi connectivity index (χ1) is 12.9. The standard InChI is InChI=1S/C20H19N5O/c1-26-18-8-3-2-7-16(18)17-14-24-20-19(23-12-13-25(17)20)22-11-9-15-6-4-5-10-21-15/h2-8,10,12-14H,9,11H2,1H3,(H,22,23). The minimum atomic E-state index is 0.737. The Bertz CT molecular complexity index is 1010. The molecule has 0 fully saturated rings. The molecule has 4 aromatic rings. The SMILES string of the molecule is COc1ccccc1-c1cnc2c(NCCc3ccccn3)nccn12. The largest absolute Gasteiger partial charge is 0.496 e. The van der Waals surface area contributed by atoms with E-state index in [1.54, 1.807) is 13.3 Å². The topological polar surface area (TPSA) is 64.3 Å². The molecule has 0 aliphatic carbocycles. The number of pyridine rings is 1. The van der Waals surface area contributed by atoms with E-state index < -0.39 is 0 Å². The summed E-state index contributed by atoms with van der Waals surface area (Å²) >= 11 is 0. The van der Waals surface area contributed by atoms with Crippen molar-refractivity contribution in [2.75, 3.05) is 19.0 Å². The molecule has 4 rings (SSSR count). The van der Waals surface area contributed by atoms with Gasteiger partial charge in [0, 0.05) is 42.8 Å². The van der Waals surface area contributed by atoms with Gasteiger partial charge in [-0.1, -0.05) is 18.2 Å². The van der Waals surface area contributed by atoms with Crippen LogP contribution in [0.1, 0.15) is 5.69 Å². The van der Waals surface area contributed by atoms with Crippen molar-refractivity contribution >= 4 is 11.5 Å². The first kappa shape index (κ1) is 16.1. The molecule has 26 heavy (non-hydrogen) atoms. The minimum absolute atomic E-state index is 0.737. The number of hydrogen-bond donors (Lipinski definition) is 1. The number of fused-ring (bicyclic) bond motifs is 1. The molecule has 0 unspecified atom stereocenters. The Kier molecular flexibility index (Phi) is 4.47. The third-order valence-corrected chi connectivity index (χ3v) is 4.21. The molecule has 0 radical (unpaired) electrons. The molecular formula is C20H19N5O. The van der Waals surface area contributed by atoms with Crippen molar-refractivity contribution in [2.45, 2.75) is 6.42 Å². The van der Waals surface area contributed by atoms with Gasteiger partial charge in [-0.05, 0) is 24.3 Å². The number of methoxy groups -OCH3 is 1. The van der Waals surface area contributed by atoms with E-state index >= 15 is 0 Å². The predicted molar refractivity (Wildman–Crippen MR) is 101 cm³/mol. The maximum Gasteiger partial charge on any atom is 0.180 e. The first-order valence-electron chi connectivity index (χ1n) is 8.46. The Morgan fingerprint density at radius 1 is 1.00 bits per heavy atom. The van der Waals surface area contributed by atoms with Crippen LogP contribution in [0, 0.1) is 0 Å². The number of nitrogens with zero attached hydrogens (tertiary/aromatic N) is 4. The lowest BCUT2D eigenvalue weighted by atomic mass is 10.1. The number of benzene rings is 1. The number of rotatable bonds is 6. The van der Waals surface area contributed by atoms with Crippen LogP contribution in [0.3, 0.4) is 0 Å². The van der Waals surface area contributed by atoms with Crippen molar-refractivity contribution < 1.29 is 4.74 Å². The zero-order valence-electron chi connectivity index (χ0n) is 14.5. The summed E-state index contributed by atoms with van der Waals surface area (Å²) < 4.78 is 7.50. The Labute approximate surface area is 151 Å². The molecule has 130 valence electrons. The number of aromatic nitrogens is 4. The van der Waals surface area contributed by atoms with Gasteiger partial charge in [0.2, 0.25) is 0 Å². The van der Waals surface area contributed by atoms with Gasteiger partial charge in [0.15, 0.2) is 11.5 Å². The highest BCUT2D eigenvalue weighted by Crippen LogP contribution is 2.30. The van der Waals surface area contributed by atoms with Crippen molar-refractivity contribution in [2.24, 2.45) is 0 Å². The number of anilines is 1. The average molecular weight is 345 g/mol. The van der Waals surface area contributed by atoms with Crippen molar-refractivity contribution in [1.82, 2.24) is 19.4 Å². The quantitative estimate of drug-likeness (QED) is 0.580. The van der Waals surface area contributed by atoms with E-state index in [4.69, 9.17) is 4.74 Å². The summed E-state index contributed by atoms with van der Waals surface area (Å²) in [5.41, 5.74) is 3.79. The summed E-state index contributed by atoms with van der Waals surface area (Å²) in [6.07, 6.45) is 8.16. The second kappa shape index (κ2) is 7.23. The third-order valence-electron chi connectivity index (χ3n) is 4.21. The van der Waals surface area contributed by atoms with Gasteiger partial charge in [-0.15, -0.1) is 0 Å². The molecule has 0 spiro atoms. The number of nitrogens with one attached hydrogen (secondary N) is 1. The molecular weight excluding hydrogens is 326 g/mol. The lowest BCUT2D eigenvalue weighted by molar-refractivity contribution is 0.416. The van der Waals surface area contributed by atoms with Crippen LogP contribution in [0.15, 0.2) is 67.3 Å². The summed E-state index contributed by atoms with van der Waals surface area (Å²) in [7, 11) is 1.67. The monoisotopic (exact) mass is 345 g/mol. The van der Waals surface area contributed by atoms with Gasteiger partial charge in [0.05, 0.1) is 19.0 Å². The average Bonchev–Trinajstić information content (AvgIpc) is 3.13. The number of hydrogen-bond acceptors (Lipinski definition) is 5. The minimum Gasteiger partial charge on any atom is -0.496 e. The summed E-state index contributed by atoms with van der Waals surface area (Å²) in [4.78, 5) is 13.3. The zero-order valence-corrected chi connectivity index (χ0v) is 14.5. The van der Waals surface area contributed by atoms with E-state index in [0.717, 1.165) is 47.1 Å². The number of ether oxygens (including phenoxy) is 1. The molecule has 6 heteroatoms. The van der Waals surface area contributed by atoms with Crippen LogP contribution < -0.4 is 10.1 Å². The van der Waals surface area contributed by atoms with Crippen LogP contribution in [0.5, 0.6) is 5.75 Å². The molecule has 0 aliphatic heterocycles. The van der Waals surface area contributed by atoms with E-state index in [1.807, 2.05) is 65.5 Å². The fraction of sp³-hybridized carbons (Fsp3) is 0.150. The Balaban J connectivity index is 1.61. The van der Waals surface area contributed by atoms with E-state index in [9.17, 15) is 0 Å². The predicted octanol–water partition coefficient (Wildman–Crippen LogP) is 3.45. The summed E-state index contributed by atoms with van der Waals surface area (Å²) in [6.45, 7) is 0.737. The molecule has 0 atom stereocenters. The Hall–Kier alpha value is -3.41. The summed E-state index contributed by atoms with van der Waals surface area (Å²) in [5.74, 6) is 1.57. The van der Waals surface area contributed by atoms with Gasteiger partial charge >= 0.3 is 0 Å². The molecule has 3 heterocycles. The number of imidazole rings is 1. The van der Waals surface area contributed by atoms with Crippen LogP contribution in [0.25, 0.3) is 16.9 Å². The first-order valence-corrected chi connectivity index (χ1v) is 8.46. The maximum absolute atomic E-state index is 5.48. The van der Waals surface area contributed by atoms with Crippen LogP contribution in [-0.4, -0.2) is 33.0 Å². The van der Waals surface area contributed by atoms with E-state index in [0.29, 0.717) is 0 Å².